The second-order valence-corrected chi connectivity index (χ2v) is 11.3. The fourth-order valence-corrected chi connectivity index (χ4v) is 5.70. The SMILES string of the molecule is Nc1ccccc1CC(=O)/C=C/c1ccc(C(CCCN2C[C@@H]3C[C@H]2CO3)C(=O)Nc2ccc(Br)cc2)cc1. The fraction of sp³-hybridized carbons (Fsp3) is 0.312. The van der Waals surface area contributed by atoms with Gasteiger partial charge in [0.2, 0.25) is 5.91 Å². The standard InChI is InChI=1S/C32H34BrN3O3/c33-25-12-14-26(15-13-25)35-32(38)30(5-3-17-36-20-29-19-27(36)21-39-29)23-10-7-22(8-11-23)9-16-28(37)18-24-4-1-2-6-31(24)34/h1-2,4,6-16,27,29-30H,3,5,17-21,34H2,(H,35,38)/b16-9+/t27-,29-,30?/m0/s1. The van der Waals surface area contributed by atoms with Crippen LogP contribution in [0.1, 0.15) is 41.9 Å². The van der Waals surface area contributed by atoms with Crippen LogP contribution in [0, 0.1) is 0 Å². The summed E-state index contributed by atoms with van der Waals surface area (Å²) in [4.78, 5) is 28.4. The molecule has 1 unspecified atom stereocenters. The van der Waals surface area contributed by atoms with Gasteiger partial charge in [0.1, 0.15) is 0 Å². The Morgan fingerprint density at radius 3 is 2.54 bits per heavy atom. The highest BCUT2D eigenvalue weighted by Crippen LogP contribution is 2.30. The third kappa shape index (κ3) is 7.24. The second-order valence-electron chi connectivity index (χ2n) is 10.4. The lowest BCUT2D eigenvalue weighted by Gasteiger charge is -2.27. The van der Waals surface area contributed by atoms with Crippen LogP contribution in [0.25, 0.3) is 6.08 Å². The van der Waals surface area contributed by atoms with E-state index in [0.717, 1.165) is 65.8 Å². The molecule has 3 aromatic carbocycles. The number of carbonyl (C=O) groups excluding carboxylic acids is 2. The van der Waals surface area contributed by atoms with Crippen molar-refractivity contribution in [2.24, 2.45) is 0 Å². The van der Waals surface area contributed by atoms with Crippen molar-refractivity contribution in [3.63, 3.8) is 0 Å². The van der Waals surface area contributed by atoms with E-state index < -0.39 is 0 Å². The smallest absolute Gasteiger partial charge is 0.231 e. The molecule has 0 radical (unpaired) electrons. The van der Waals surface area contributed by atoms with Crippen molar-refractivity contribution in [2.45, 2.75) is 43.7 Å². The summed E-state index contributed by atoms with van der Waals surface area (Å²) >= 11 is 3.45. The number of nitrogens with zero attached hydrogens (tertiary/aromatic N) is 1. The molecule has 0 saturated carbocycles. The third-order valence-corrected chi connectivity index (χ3v) is 8.13. The Hall–Kier alpha value is -3.26. The van der Waals surface area contributed by atoms with Crippen molar-refractivity contribution in [3.8, 4) is 0 Å². The predicted octanol–water partition coefficient (Wildman–Crippen LogP) is 5.83. The van der Waals surface area contributed by atoms with Crippen molar-refractivity contribution in [1.29, 1.82) is 0 Å². The molecular weight excluding hydrogens is 554 g/mol. The van der Waals surface area contributed by atoms with Gasteiger partial charge in [0.25, 0.3) is 0 Å². The number of halogens is 1. The zero-order valence-corrected chi connectivity index (χ0v) is 23.5. The normalized spacial score (nSPS) is 19.4. The van der Waals surface area contributed by atoms with Gasteiger partial charge in [-0.2, -0.15) is 0 Å². The quantitative estimate of drug-likeness (QED) is 0.218. The topological polar surface area (TPSA) is 84.7 Å². The molecule has 2 aliphatic rings. The first-order chi connectivity index (χ1) is 18.9. The maximum atomic E-state index is 13.4. The Balaban J connectivity index is 1.24. The first-order valence-electron chi connectivity index (χ1n) is 13.5. The van der Waals surface area contributed by atoms with Gasteiger partial charge in [0.05, 0.1) is 18.6 Å². The van der Waals surface area contributed by atoms with Gasteiger partial charge in [0.15, 0.2) is 5.78 Å². The number of ether oxygens (including phenoxy) is 1. The molecule has 2 aliphatic heterocycles. The summed E-state index contributed by atoms with van der Waals surface area (Å²) in [6.07, 6.45) is 6.86. The zero-order chi connectivity index (χ0) is 27.2. The van der Waals surface area contributed by atoms with E-state index in [2.05, 4.69) is 26.1 Å². The lowest BCUT2D eigenvalue weighted by molar-refractivity contribution is -0.118. The summed E-state index contributed by atoms with van der Waals surface area (Å²) in [5.74, 6) is -0.294. The van der Waals surface area contributed by atoms with Gasteiger partial charge in [0, 0.05) is 34.9 Å². The molecule has 0 spiro atoms. The number of rotatable bonds is 11. The van der Waals surface area contributed by atoms with Crippen LogP contribution in [0.15, 0.2) is 83.3 Å². The summed E-state index contributed by atoms with van der Waals surface area (Å²) < 4.78 is 6.70. The Morgan fingerprint density at radius 2 is 1.85 bits per heavy atom. The number of nitrogen functional groups attached to an aromatic ring is 1. The summed E-state index contributed by atoms with van der Waals surface area (Å²) in [6, 6.07) is 23.5. The number of ketones is 1. The molecule has 1 amide bonds. The Bertz CT molecular complexity index is 1320. The number of carbonyl (C=O) groups is 2. The Morgan fingerprint density at radius 1 is 1.08 bits per heavy atom. The molecule has 2 bridgehead atoms. The molecule has 2 heterocycles. The average molecular weight is 589 g/mol. The molecule has 3 aromatic rings. The van der Waals surface area contributed by atoms with E-state index in [4.69, 9.17) is 10.5 Å². The molecule has 5 rings (SSSR count). The lowest BCUT2D eigenvalue weighted by Crippen LogP contribution is -2.37. The third-order valence-electron chi connectivity index (χ3n) is 7.60. The van der Waals surface area contributed by atoms with E-state index in [0.29, 0.717) is 17.8 Å². The molecule has 2 saturated heterocycles. The van der Waals surface area contributed by atoms with E-state index in [-0.39, 0.29) is 24.0 Å². The van der Waals surface area contributed by atoms with Crippen LogP contribution in [0.5, 0.6) is 0 Å². The molecule has 0 aromatic heterocycles. The number of hydrogen-bond acceptors (Lipinski definition) is 5. The van der Waals surface area contributed by atoms with Crippen molar-refractivity contribution >= 4 is 45.1 Å². The van der Waals surface area contributed by atoms with Gasteiger partial charge in [-0.3, -0.25) is 14.5 Å². The molecule has 39 heavy (non-hydrogen) atoms. The van der Waals surface area contributed by atoms with E-state index in [1.54, 1.807) is 12.1 Å². The molecule has 202 valence electrons. The van der Waals surface area contributed by atoms with Crippen LogP contribution in [-0.2, 0) is 20.7 Å². The number of hydrogen-bond donors (Lipinski definition) is 2. The zero-order valence-electron chi connectivity index (χ0n) is 21.9. The van der Waals surface area contributed by atoms with Gasteiger partial charge in [-0.25, -0.2) is 0 Å². The summed E-state index contributed by atoms with van der Waals surface area (Å²) in [7, 11) is 0. The number of para-hydroxylation sites is 1. The Kier molecular flexibility index (Phi) is 8.91. The molecule has 2 fully saturated rings. The first kappa shape index (κ1) is 27.3. The molecular formula is C32H34BrN3O3. The van der Waals surface area contributed by atoms with Crippen molar-refractivity contribution in [1.82, 2.24) is 4.90 Å². The van der Waals surface area contributed by atoms with Crippen LogP contribution >= 0.6 is 15.9 Å². The number of fused-ring (bicyclic) bond motifs is 2. The molecule has 7 heteroatoms. The van der Waals surface area contributed by atoms with Crippen LogP contribution in [0.4, 0.5) is 11.4 Å². The van der Waals surface area contributed by atoms with E-state index in [1.165, 1.54) is 0 Å². The maximum absolute atomic E-state index is 13.4. The molecule has 0 aliphatic carbocycles. The minimum Gasteiger partial charge on any atom is -0.398 e. The highest BCUT2D eigenvalue weighted by Gasteiger charge is 2.38. The van der Waals surface area contributed by atoms with Crippen LogP contribution in [0.3, 0.4) is 0 Å². The van der Waals surface area contributed by atoms with Crippen molar-refractivity contribution in [3.05, 3.63) is 100 Å². The largest absolute Gasteiger partial charge is 0.398 e. The lowest BCUT2D eigenvalue weighted by atomic mass is 9.92. The van der Waals surface area contributed by atoms with Crippen molar-refractivity contribution in [2.75, 3.05) is 30.7 Å². The predicted molar refractivity (Wildman–Crippen MR) is 160 cm³/mol. The minimum absolute atomic E-state index is 0.00950. The fourth-order valence-electron chi connectivity index (χ4n) is 5.43. The average Bonchev–Trinajstić information content (AvgIpc) is 3.57. The maximum Gasteiger partial charge on any atom is 0.231 e. The first-order valence-corrected chi connectivity index (χ1v) is 14.3. The van der Waals surface area contributed by atoms with E-state index in [1.807, 2.05) is 72.8 Å². The summed E-state index contributed by atoms with van der Waals surface area (Å²) in [5.41, 5.74) is 10.1. The second kappa shape index (κ2) is 12.7. The van der Waals surface area contributed by atoms with Crippen LogP contribution in [-0.4, -0.2) is 48.4 Å². The van der Waals surface area contributed by atoms with Crippen LogP contribution < -0.4 is 11.1 Å². The van der Waals surface area contributed by atoms with Crippen LogP contribution in [0.2, 0.25) is 0 Å². The van der Waals surface area contributed by atoms with Gasteiger partial charge in [-0.15, -0.1) is 0 Å². The summed E-state index contributed by atoms with van der Waals surface area (Å²) in [5, 5.41) is 3.09. The highest BCUT2D eigenvalue weighted by molar-refractivity contribution is 9.10. The highest BCUT2D eigenvalue weighted by atomic mass is 79.9. The number of benzene rings is 3. The molecule has 6 nitrogen and oxygen atoms in total. The monoisotopic (exact) mass is 587 g/mol. The van der Waals surface area contributed by atoms with Gasteiger partial charge >= 0.3 is 0 Å². The summed E-state index contributed by atoms with van der Waals surface area (Å²) in [6.45, 7) is 2.80. The minimum atomic E-state index is -0.273. The number of morpholine rings is 1. The van der Waals surface area contributed by atoms with E-state index >= 15 is 0 Å². The van der Waals surface area contributed by atoms with Gasteiger partial charge in [-0.1, -0.05) is 64.5 Å². The molecule has 3 N–H and O–H groups in total. The number of nitrogens with two attached hydrogens (primary N) is 1. The number of amides is 1. The number of anilines is 2. The number of allylic oxidation sites excluding steroid dienone is 1. The van der Waals surface area contributed by atoms with Crippen molar-refractivity contribution < 1.29 is 14.3 Å². The number of likely N-dealkylation sites (tertiary alicyclic amines) is 1. The number of nitrogens with one attached hydrogen (secondary N) is 1. The molecule has 3 atom stereocenters. The Labute approximate surface area is 238 Å². The van der Waals surface area contributed by atoms with E-state index in [9.17, 15) is 9.59 Å². The van der Waals surface area contributed by atoms with Gasteiger partial charge in [-0.05, 0) is 78.9 Å². The van der Waals surface area contributed by atoms with Gasteiger partial charge < -0.3 is 15.8 Å².